The van der Waals surface area contributed by atoms with E-state index in [1.54, 1.807) is 14.2 Å². The van der Waals surface area contributed by atoms with Crippen molar-refractivity contribution >= 4 is 0 Å². The van der Waals surface area contributed by atoms with Crippen molar-refractivity contribution in [3.8, 4) is 11.5 Å². The van der Waals surface area contributed by atoms with Crippen LogP contribution < -0.4 is 15.2 Å². The highest BCUT2D eigenvalue weighted by Gasteiger charge is 2.45. The topological polar surface area (TPSA) is 44.5 Å². The summed E-state index contributed by atoms with van der Waals surface area (Å²) >= 11 is 0. The molecule has 0 saturated heterocycles. The number of ether oxygens (including phenoxy) is 2. The van der Waals surface area contributed by atoms with E-state index < -0.39 is 0 Å². The van der Waals surface area contributed by atoms with E-state index in [9.17, 15) is 0 Å². The lowest BCUT2D eigenvalue weighted by Gasteiger charge is -2.18. The van der Waals surface area contributed by atoms with Gasteiger partial charge in [0.2, 0.25) is 0 Å². The molecule has 3 nitrogen and oxygen atoms in total. The number of methoxy groups -OCH3 is 2. The standard InChI is InChI=1S/C12H17NO2/c1-14-10-5-3-4-9(11(10)15-2)12(8-13)6-7-12/h3-5H,6-8,13H2,1-2H3. The zero-order chi connectivity index (χ0) is 10.9. The first kappa shape index (κ1) is 10.3. The van der Waals surface area contributed by atoms with E-state index in [1.807, 2.05) is 12.1 Å². The van der Waals surface area contributed by atoms with Crippen molar-refractivity contribution in [1.29, 1.82) is 0 Å². The normalized spacial score (nSPS) is 17.3. The van der Waals surface area contributed by atoms with Gasteiger partial charge in [-0.15, -0.1) is 0 Å². The van der Waals surface area contributed by atoms with Gasteiger partial charge in [0, 0.05) is 17.5 Å². The van der Waals surface area contributed by atoms with Gasteiger partial charge in [-0.25, -0.2) is 0 Å². The quantitative estimate of drug-likeness (QED) is 0.817. The molecule has 1 aliphatic carbocycles. The number of hydrogen-bond donors (Lipinski definition) is 1. The van der Waals surface area contributed by atoms with E-state index >= 15 is 0 Å². The minimum Gasteiger partial charge on any atom is -0.493 e. The van der Waals surface area contributed by atoms with E-state index in [0.717, 1.165) is 24.3 Å². The molecule has 0 amide bonds. The molecule has 0 radical (unpaired) electrons. The van der Waals surface area contributed by atoms with E-state index in [0.29, 0.717) is 6.54 Å². The van der Waals surface area contributed by atoms with Crippen molar-refractivity contribution in [2.75, 3.05) is 20.8 Å². The Bertz CT molecular complexity index is 359. The van der Waals surface area contributed by atoms with E-state index in [-0.39, 0.29) is 5.41 Å². The van der Waals surface area contributed by atoms with Crippen LogP contribution in [0.15, 0.2) is 18.2 Å². The van der Waals surface area contributed by atoms with Crippen LogP contribution in [-0.4, -0.2) is 20.8 Å². The molecule has 0 aliphatic heterocycles. The highest BCUT2D eigenvalue weighted by Crippen LogP contribution is 2.52. The number of benzene rings is 1. The van der Waals surface area contributed by atoms with Crippen LogP contribution in [0.25, 0.3) is 0 Å². The zero-order valence-electron chi connectivity index (χ0n) is 9.25. The largest absolute Gasteiger partial charge is 0.493 e. The third kappa shape index (κ3) is 1.57. The van der Waals surface area contributed by atoms with Crippen LogP contribution in [0, 0.1) is 0 Å². The molecule has 1 aliphatic rings. The average molecular weight is 207 g/mol. The van der Waals surface area contributed by atoms with Gasteiger partial charge >= 0.3 is 0 Å². The maximum atomic E-state index is 5.82. The Kier molecular flexibility index (Phi) is 2.57. The molecule has 15 heavy (non-hydrogen) atoms. The van der Waals surface area contributed by atoms with Gasteiger partial charge in [0.15, 0.2) is 11.5 Å². The summed E-state index contributed by atoms with van der Waals surface area (Å²) in [6.45, 7) is 0.677. The molecular weight excluding hydrogens is 190 g/mol. The molecule has 2 rings (SSSR count). The number of rotatable bonds is 4. The Hall–Kier alpha value is -1.22. The molecule has 0 bridgehead atoms. The van der Waals surface area contributed by atoms with Crippen LogP contribution in [0.1, 0.15) is 18.4 Å². The Morgan fingerprint density at radius 1 is 1.27 bits per heavy atom. The molecule has 0 unspecified atom stereocenters. The van der Waals surface area contributed by atoms with Crippen LogP contribution in [0.5, 0.6) is 11.5 Å². The second-order valence-corrected chi connectivity index (χ2v) is 4.03. The fourth-order valence-electron chi connectivity index (χ4n) is 2.04. The second-order valence-electron chi connectivity index (χ2n) is 4.03. The van der Waals surface area contributed by atoms with Gasteiger partial charge in [0.1, 0.15) is 0 Å². The average Bonchev–Trinajstić information content (AvgIpc) is 3.08. The summed E-state index contributed by atoms with van der Waals surface area (Å²) in [6, 6.07) is 5.99. The van der Waals surface area contributed by atoms with E-state index in [4.69, 9.17) is 15.2 Å². The maximum Gasteiger partial charge on any atom is 0.164 e. The van der Waals surface area contributed by atoms with Crippen molar-refractivity contribution < 1.29 is 9.47 Å². The molecule has 0 aromatic heterocycles. The van der Waals surface area contributed by atoms with Gasteiger partial charge in [-0.05, 0) is 18.9 Å². The highest BCUT2D eigenvalue weighted by atomic mass is 16.5. The summed E-state index contributed by atoms with van der Waals surface area (Å²) in [6.07, 6.45) is 2.29. The predicted octanol–water partition coefficient (Wildman–Crippen LogP) is 1.69. The SMILES string of the molecule is COc1cccc(C2(CN)CC2)c1OC. The highest BCUT2D eigenvalue weighted by molar-refractivity contribution is 5.52. The fraction of sp³-hybridized carbons (Fsp3) is 0.500. The fourth-order valence-corrected chi connectivity index (χ4v) is 2.04. The number of nitrogens with two attached hydrogens (primary N) is 1. The van der Waals surface area contributed by atoms with Gasteiger partial charge in [-0.1, -0.05) is 12.1 Å². The van der Waals surface area contributed by atoms with Gasteiger partial charge in [-0.3, -0.25) is 0 Å². The molecule has 3 heteroatoms. The molecule has 82 valence electrons. The van der Waals surface area contributed by atoms with Crippen LogP contribution >= 0.6 is 0 Å². The summed E-state index contributed by atoms with van der Waals surface area (Å²) in [5.41, 5.74) is 7.15. The summed E-state index contributed by atoms with van der Waals surface area (Å²) in [4.78, 5) is 0. The summed E-state index contributed by atoms with van der Waals surface area (Å²) < 4.78 is 10.7. The monoisotopic (exact) mass is 207 g/mol. The lowest BCUT2D eigenvalue weighted by Crippen LogP contribution is -2.20. The summed E-state index contributed by atoms with van der Waals surface area (Å²) in [7, 11) is 3.33. The Morgan fingerprint density at radius 2 is 2.00 bits per heavy atom. The number of para-hydroxylation sites is 1. The minimum atomic E-state index is 0.139. The lowest BCUT2D eigenvalue weighted by atomic mass is 9.95. The first-order valence-corrected chi connectivity index (χ1v) is 5.19. The van der Waals surface area contributed by atoms with Crippen molar-refractivity contribution in [1.82, 2.24) is 0 Å². The molecule has 0 spiro atoms. The summed E-state index contributed by atoms with van der Waals surface area (Å²) in [5.74, 6) is 1.62. The Morgan fingerprint density at radius 3 is 2.47 bits per heavy atom. The van der Waals surface area contributed by atoms with Gasteiger partial charge in [0.05, 0.1) is 14.2 Å². The van der Waals surface area contributed by atoms with E-state index in [2.05, 4.69) is 6.07 Å². The molecule has 1 aromatic rings. The smallest absolute Gasteiger partial charge is 0.164 e. The lowest BCUT2D eigenvalue weighted by molar-refractivity contribution is 0.348. The first-order valence-electron chi connectivity index (χ1n) is 5.19. The minimum absolute atomic E-state index is 0.139. The van der Waals surface area contributed by atoms with Crippen molar-refractivity contribution in [3.05, 3.63) is 23.8 Å². The van der Waals surface area contributed by atoms with Crippen molar-refractivity contribution in [2.45, 2.75) is 18.3 Å². The first-order chi connectivity index (χ1) is 7.27. The van der Waals surface area contributed by atoms with Gasteiger partial charge in [0.25, 0.3) is 0 Å². The Labute approximate surface area is 90.2 Å². The number of hydrogen-bond acceptors (Lipinski definition) is 3. The molecule has 1 saturated carbocycles. The van der Waals surface area contributed by atoms with Crippen LogP contribution in [-0.2, 0) is 5.41 Å². The van der Waals surface area contributed by atoms with Gasteiger partial charge in [-0.2, -0.15) is 0 Å². The van der Waals surface area contributed by atoms with Crippen molar-refractivity contribution in [2.24, 2.45) is 5.73 Å². The zero-order valence-corrected chi connectivity index (χ0v) is 9.25. The molecule has 1 aromatic carbocycles. The third-order valence-electron chi connectivity index (χ3n) is 3.22. The maximum absolute atomic E-state index is 5.82. The van der Waals surface area contributed by atoms with E-state index in [1.165, 1.54) is 5.56 Å². The van der Waals surface area contributed by atoms with Crippen molar-refractivity contribution in [3.63, 3.8) is 0 Å². The molecule has 2 N–H and O–H groups in total. The molecule has 1 fully saturated rings. The molecular formula is C12H17NO2. The molecule has 0 atom stereocenters. The van der Waals surface area contributed by atoms with Crippen LogP contribution in [0.3, 0.4) is 0 Å². The van der Waals surface area contributed by atoms with Crippen LogP contribution in [0.2, 0.25) is 0 Å². The molecule has 0 heterocycles. The van der Waals surface area contributed by atoms with Crippen LogP contribution in [0.4, 0.5) is 0 Å². The third-order valence-corrected chi connectivity index (χ3v) is 3.22. The van der Waals surface area contributed by atoms with Gasteiger partial charge < -0.3 is 15.2 Å². The predicted molar refractivity (Wildman–Crippen MR) is 59.5 cm³/mol. The summed E-state index contributed by atoms with van der Waals surface area (Å²) in [5, 5.41) is 0. The second kappa shape index (κ2) is 3.74. The Balaban J connectivity index is 2.47.